The van der Waals surface area contributed by atoms with Crippen molar-refractivity contribution >= 4 is 17.8 Å². The molecular weight excluding hydrogens is 228 g/mol. The summed E-state index contributed by atoms with van der Waals surface area (Å²) in [6, 6.07) is 6.62. The first kappa shape index (κ1) is 12.1. The van der Waals surface area contributed by atoms with Crippen LogP contribution < -0.4 is 0 Å². The normalized spacial score (nSPS) is 17.9. The second kappa shape index (κ2) is 4.87. The molecule has 1 amide bonds. The molecule has 1 aliphatic rings. The zero-order chi connectivity index (χ0) is 13.1. The fourth-order valence-corrected chi connectivity index (χ4v) is 1.64. The molecule has 18 heavy (non-hydrogen) atoms. The van der Waals surface area contributed by atoms with E-state index in [1.807, 2.05) is 13.0 Å². The molecule has 0 atom stereocenters. The van der Waals surface area contributed by atoms with E-state index in [1.54, 1.807) is 43.5 Å². The molecule has 1 aromatic rings. The maximum absolute atomic E-state index is 11.9. The number of carbonyl (C=O) groups excluding carboxylic acids is 1. The van der Waals surface area contributed by atoms with Gasteiger partial charge in [-0.15, -0.1) is 0 Å². The Morgan fingerprint density at radius 3 is 2.56 bits per heavy atom. The van der Waals surface area contributed by atoms with Crippen molar-refractivity contribution in [3.05, 3.63) is 47.7 Å². The highest BCUT2D eigenvalue weighted by Gasteiger charge is 2.24. The molecule has 1 heterocycles. The largest absolute Gasteiger partial charge is 0.508 e. The minimum atomic E-state index is -0.129. The number of amides is 1. The summed E-state index contributed by atoms with van der Waals surface area (Å²) in [5.74, 6) is 0.703. The average Bonchev–Trinajstić information content (AvgIpc) is 2.61. The summed E-state index contributed by atoms with van der Waals surface area (Å²) in [5.41, 5.74) is 1.23. The van der Waals surface area contributed by atoms with Crippen LogP contribution in [-0.4, -0.2) is 28.8 Å². The van der Waals surface area contributed by atoms with Crippen LogP contribution >= 0.6 is 0 Å². The van der Waals surface area contributed by atoms with E-state index in [2.05, 4.69) is 4.99 Å². The van der Waals surface area contributed by atoms with Gasteiger partial charge in [0, 0.05) is 7.05 Å². The second-order valence-electron chi connectivity index (χ2n) is 3.96. The SMILES string of the molecule is CC=CC1=NC(=Cc2ccc(O)cc2)C(=O)N1C. The van der Waals surface area contributed by atoms with E-state index in [1.165, 1.54) is 4.90 Å². The van der Waals surface area contributed by atoms with Gasteiger partial charge in [-0.3, -0.25) is 9.69 Å². The van der Waals surface area contributed by atoms with Crippen LogP contribution in [0.5, 0.6) is 5.75 Å². The van der Waals surface area contributed by atoms with Crippen molar-refractivity contribution in [1.82, 2.24) is 4.90 Å². The van der Waals surface area contributed by atoms with Gasteiger partial charge in [0.05, 0.1) is 0 Å². The summed E-state index contributed by atoms with van der Waals surface area (Å²) < 4.78 is 0. The lowest BCUT2D eigenvalue weighted by Crippen LogP contribution is -2.26. The molecule has 0 radical (unpaired) electrons. The van der Waals surface area contributed by atoms with E-state index >= 15 is 0 Å². The third-order valence-electron chi connectivity index (χ3n) is 2.61. The molecule has 1 aromatic carbocycles. The van der Waals surface area contributed by atoms with E-state index in [-0.39, 0.29) is 11.7 Å². The zero-order valence-electron chi connectivity index (χ0n) is 10.3. The summed E-state index contributed by atoms with van der Waals surface area (Å²) in [7, 11) is 1.69. The lowest BCUT2D eigenvalue weighted by Gasteiger charge is -2.06. The maximum atomic E-state index is 11.9. The highest BCUT2D eigenvalue weighted by Crippen LogP contribution is 2.18. The van der Waals surface area contributed by atoms with Gasteiger partial charge < -0.3 is 5.11 Å². The molecule has 1 aliphatic heterocycles. The Kier molecular flexibility index (Phi) is 3.28. The van der Waals surface area contributed by atoms with Crippen molar-refractivity contribution in [3.8, 4) is 5.75 Å². The number of aromatic hydroxyl groups is 1. The fourth-order valence-electron chi connectivity index (χ4n) is 1.64. The molecule has 0 unspecified atom stereocenters. The summed E-state index contributed by atoms with van der Waals surface area (Å²) in [4.78, 5) is 17.7. The highest BCUT2D eigenvalue weighted by atomic mass is 16.3. The number of carbonyl (C=O) groups is 1. The third kappa shape index (κ3) is 2.32. The number of benzene rings is 1. The minimum absolute atomic E-state index is 0.129. The maximum Gasteiger partial charge on any atom is 0.277 e. The number of hydrogen-bond acceptors (Lipinski definition) is 3. The molecule has 0 saturated carbocycles. The van der Waals surface area contributed by atoms with Gasteiger partial charge in [0.25, 0.3) is 5.91 Å². The van der Waals surface area contributed by atoms with Gasteiger partial charge in [0.2, 0.25) is 0 Å². The van der Waals surface area contributed by atoms with Gasteiger partial charge in [-0.05, 0) is 36.8 Å². The quantitative estimate of drug-likeness (QED) is 0.808. The number of likely N-dealkylation sites (N-methyl/N-ethyl adjacent to an activating group) is 1. The van der Waals surface area contributed by atoms with Crippen LogP contribution in [0, 0.1) is 0 Å². The third-order valence-corrected chi connectivity index (χ3v) is 2.61. The van der Waals surface area contributed by atoms with Gasteiger partial charge in [-0.25, -0.2) is 4.99 Å². The minimum Gasteiger partial charge on any atom is -0.508 e. The van der Waals surface area contributed by atoms with Gasteiger partial charge >= 0.3 is 0 Å². The molecule has 4 nitrogen and oxygen atoms in total. The van der Waals surface area contributed by atoms with Gasteiger partial charge in [0.1, 0.15) is 17.3 Å². The van der Waals surface area contributed by atoms with Gasteiger partial charge in [0.15, 0.2) is 0 Å². The topological polar surface area (TPSA) is 52.9 Å². The lowest BCUT2D eigenvalue weighted by atomic mass is 10.2. The Balaban J connectivity index is 2.33. The number of nitrogens with zero attached hydrogens (tertiary/aromatic N) is 2. The monoisotopic (exact) mass is 242 g/mol. The number of amidine groups is 1. The van der Waals surface area contributed by atoms with Crippen molar-refractivity contribution in [2.75, 3.05) is 7.05 Å². The molecule has 0 spiro atoms. The predicted molar refractivity (Wildman–Crippen MR) is 71.1 cm³/mol. The van der Waals surface area contributed by atoms with Crippen molar-refractivity contribution in [2.24, 2.45) is 4.99 Å². The number of aliphatic imine (C=N–C) groups is 1. The van der Waals surface area contributed by atoms with E-state index in [4.69, 9.17) is 0 Å². The predicted octanol–water partition coefficient (Wildman–Crippen LogP) is 2.18. The first-order chi connectivity index (χ1) is 8.61. The standard InChI is InChI=1S/C14H14N2O2/c1-3-4-13-15-12(14(18)16(13)2)9-10-5-7-11(17)8-6-10/h3-9,17H,1-2H3. The average molecular weight is 242 g/mol. The van der Waals surface area contributed by atoms with Gasteiger partial charge in [-0.1, -0.05) is 18.2 Å². The van der Waals surface area contributed by atoms with Crippen LogP contribution in [0.25, 0.3) is 6.08 Å². The van der Waals surface area contributed by atoms with E-state index in [0.717, 1.165) is 5.56 Å². The van der Waals surface area contributed by atoms with Gasteiger partial charge in [-0.2, -0.15) is 0 Å². The van der Waals surface area contributed by atoms with Crippen LogP contribution in [0.4, 0.5) is 0 Å². The molecule has 4 heteroatoms. The Morgan fingerprint density at radius 1 is 1.28 bits per heavy atom. The molecule has 0 bridgehead atoms. The fraction of sp³-hybridized carbons (Fsp3) is 0.143. The van der Waals surface area contributed by atoms with Crippen molar-refractivity contribution in [1.29, 1.82) is 0 Å². The number of phenolic OH excluding ortho intramolecular Hbond substituents is 1. The number of rotatable bonds is 2. The molecule has 1 N–H and O–H groups in total. The zero-order valence-corrected chi connectivity index (χ0v) is 10.3. The molecule has 0 aromatic heterocycles. The highest BCUT2D eigenvalue weighted by molar-refractivity contribution is 6.17. The Hall–Kier alpha value is -2.36. The van der Waals surface area contributed by atoms with E-state index in [9.17, 15) is 9.90 Å². The summed E-state index contributed by atoms with van der Waals surface area (Å²) in [6.07, 6.45) is 5.33. The Bertz CT molecular complexity index is 554. The van der Waals surface area contributed by atoms with E-state index < -0.39 is 0 Å². The molecular formula is C14H14N2O2. The summed E-state index contributed by atoms with van der Waals surface area (Å²) in [5, 5.41) is 9.19. The molecule has 0 aliphatic carbocycles. The number of allylic oxidation sites excluding steroid dienone is 1. The Labute approximate surface area is 106 Å². The van der Waals surface area contributed by atoms with Crippen molar-refractivity contribution in [3.63, 3.8) is 0 Å². The Morgan fingerprint density at radius 2 is 1.94 bits per heavy atom. The van der Waals surface area contributed by atoms with E-state index in [0.29, 0.717) is 11.5 Å². The first-order valence-corrected chi connectivity index (χ1v) is 5.62. The van der Waals surface area contributed by atoms with Crippen molar-refractivity contribution < 1.29 is 9.90 Å². The molecule has 0 saturated heterocycles. The van der Waals surface area contributed by atoms with Crippen LogP contribution in [-0.2, 0) is 4.79 Å². The summed E-state index contributed by atoms with van der Waals surface area (Å²) in [6.45, 7) is 1.88. The van der Waals surface area contributed by atoms with Crippen LogP contribution in [0.1, 0.15) is 12.5 Å². The molecule has 0 fully saturated rings. The molecule has 2 rings (SSSR count). The molecule has 92 valence electrons. The number of hydrogen-bond donors (Lipinski definition) is 1. The van der Waals surface area contributed by atoms with Crippen LogP contribution in [0.15, 0.2) is 47.1 Å². The van der Waals surface area contributed by atoms with Crippen LogP contribution in [0.2, 0.25) is 0 Å². The lowest BCUT2D eigenvalue weighted by molar-refractivity contribution is -0.121. The van der Waals surface area contributed by atoms with Crippen molar-refractivity contribution in [2.45, 2.75) is 6.92 Å². The first-order valence-electron chi connectivity index (χ1n) is 5.62. The smallest absolute Gasteiger partial charge is 0.277 e. The summed E-state index contributed by atoms with van der Waals surface area (Å²) >= 11 is 0. The second-order valence-corrected chi connectivity index (χ2v) is 3.96. The number of phenols is 1. The van der Waals surface area contributed by atoms with Crippen LogP contribution in [0.3, 0.4) is 0 Å².